The second-order valence-electron chi connectivity index (χ2n) is 9.85. The highest BCUT2D eigenvalue weighted by atomic mass is 16.5. The molecule has 2 N–H and O–H groups in total. The Morgan fingerprint density at radius 1 is 1.26 bits per heavy atom. The van der Waals surface area contributed by atoms with Crippen molar-refractivity contribution in [1.29, 1.82) is 0 Å². The van der Waals surface area contributed by atoms with Gasteiger partial charge < -0.3 is 25.2 Å². The van der Waals surface area contributed by atoms with Gasteiger partial charge in [-0.1, -0.05) is 12.6 Å². The number of imidazole rings is 1. The van der Waals surface area contributed by atoms with Gasteiger partial charge in [0, 0.05) is 38.1 Å². The molecule has 4 heterocycles. The summed E-state index contributed by atoms with van der Waals surface area (Å²) in [5.74, 6) is 0.712. The van der Waals surface area contributed by atoms with E-state index in [0.717, 1.165) is 54.2 Å². The number of pyridine rings is 1. The number of amides is 1. The second-order valence-corrected chi connectivity index (χ2v) is 9.85. The summed E-state index contributed by atoms with van der Waals surface area (Å²) in [6.45, 7) is 7.67. The highest BCUT2D eigenvalue weighted by Gasteiger charge is 2.25. The molecule has 1 aromatic carbocycles. The molecule has 3 aromatic heterocycles. The SMILES string of the molecule is C=CC(=O)Nc1cc(Nc2nccc(-c3cnc4c(C)cccn34)n2)c(OC)cc1N(C)C1CCCN(C)C1. The van der Waals surface area contributed by atoms with E-state index in [9.17, 15) is 4.79 Å². The number of anilines is 4. The van der Waals surface area contributed by atoms with E-state index in [4.69, 9.17) is 9.72 Å². The van der Waals surface area contributed by atoms with Gasteiger partial charge in [-0.05, 0) is 63.2 Å². The van der Waals surface area contributed by atoms with Crippen LogP contribution >= 0.6 is 0 Å². The molecule has 0 aliphatic carbocycles. The third-order valence-corrected chi connectivity index (χ3v) is 7.18. The highest BCUT2D eigenvalue weighted by Crippen LogP contribution is 2.39. The maximum atomic E-state index is 12.4. The van der Waals surface area contributed by atoms with Crippen LogP contribution in [0.2, 0.25) is 0 Å². The van der Waals surface area contributed by atoms with Crippen molar-refractivity contribution in [3.05, 3.63) is 67.1 Å². The predicted molar refractivity (Wildman–Crippen MR) is 155 cm³/mol. The zero-order chi connectivity index (χ0) is 27.5. The molecule has 5 rings (SSSR count). The number of nitrogens with zero attached hydrogens (tertiary/aromatic N) is 6. The number of carbonyl (C=O) groups excluding carboxylic acids is 1. The molecule has 39 heavy (non-hydrogen) atoms. The van der Waals surface area contributed by atoms with Crippen LogP contribution in [0.1, 0.15) is 18.4 Å². The van der Waals surface area contributed by atoms with E-state index < -0.39 is 0 Å². The Morgan fingerprint density at radius 2 is 2.10 bits per heavy atom. The normalized spacial score (nSPS) is 15.6. The Kier molecular flexibility index (Phi) is 7.47. The van der Waals surface area contributed by atoms with E-state index in [1.807, 2.05) is 54.0 Å². The minimum absolute atomic E-state index is 0.289. The van der Waals surface area contributed by atoms with Crippen LogP contribution in [0, 0.1) is 6.92 Å². The van der Waals surface area contributed by atoms with Gasteiger partial charge in [-0.2, -0.15) is 0 Å². The molecule has 0 spiro atoms. The van der Waals surface area contributed by atoms with E-state index >= 15 is 0 Å². The van der Waals surface area contributed by atoms with Crippen molar-refractivity contribution in [2.75, 3.05) is 49.8 Å². The Bertz CT molecular complexity index is 1510. The van der Waals surface area contributed by atoms with Gasteiger partial charge in [-0.15, -0.1) is 0 Å². The topological polar surface area (TPSA) is 99.9 Å². The molecule has 1 aliphatic rings. The molecule has 1 unspecified atom stereocenters. The fourth-order valence-corrected chi connectivity index (χ4v) is 5.09. The lowest BCUT2D eigenvalue weighted by Gasteiger charge is -2.38. The van der Waals surface area contributed by atoms with E-state index in [2.05, 4.69) is 51.1 Å². The zero-order valence-corrected chi connectivity index (χ0v) is 22.8. The lowest BCUT2D eigenvalue weighted by molar-refractivity contribution is -0.111. The molecule has 0 bridgehead atoms. The van der Waals surface area contributed by atoms with Crippen molar-refractivity contribution in [3.63, 3.8) is 0 Å². The number of ether oxygens (including phenoxy) is 1. The van der Waals surface area contributed by atoms with Gasteiger partial charge in [0.25, 0.3) is 0 Å². The van der Waals surface area contributed by atoms with Crippen LogP contribution in [-0.2, 0) is 4.79 Å². The minimum atomic E-state index is -0.289. The summed E-state index contributed by atoms with van der Waals surface area (Å²) in [4.78, 5) is 30.7. The number of methoxy groups -OCH3 is 1. The fourth-order valence-electron chi connectivity index (χ4n) is 5.09. The van der Waals surface area contributed by atoms with Crippen LogP contribution in [0.3, 0.4) is 0 Å². The summed E-state index contributed by atoms with van der Waals surface area (Å²) in [6.07, 6.45) is 8.94. The van der Waals surface area contributed by atoms with Gasteiger partial charge in [-0.3, -0.25) is 9.20 Å². The predicted octanol–water partition coefficient (Wildman–Crippen LogP) is 4.51. The quantitative estimate of drug-likeness (QED) is 0.324. The molecule has 0 saturated carbocycles. The number of piperidine rings is 1. The van der Waals surface area contributed by atoms with E-state index in [-0.39, 0.29) is 5.91 Å². The van der Waals surface area contributed by atoms with Gasteiger partial charge in [0.05, 0.1) is 41.8 Å². The van der Waals surface area contributed by atoms with E-state index in [1.54, 1.807) is 13.3 Å². The van der Waals surface area contributed by atoms with Gasteiger partial charge >= 0.3 is 0 Å². The molecule has 4 aromatic rings. The standard InChI is InChI=1S/C29H34N8O2/c1-6-27(38)32-22-15-23(26(39-5)16-24(22)36(4)20-10-8-13-35(3)18-20)34-29-30-12-11-21(33-29)25-17-31-28-19(2)9-7-14-37(25)28/h6-7,9,11-12,14-17,20H,1,8,10,13,18H2,2-5H3,(H,32,38)(H,30,33,34). The summed E-state index contributed by atoms with van der Waals surface area (Å²) in [5, 5.41) is 6.26. The first kappa shape index (κ1) is 26.2. The lowest BCUT2D eigenvalue weighted by Crippen LogP contribution is -2.45. The largest absolute Gasteiger partial charge is 0.494 e. The molecular formula is C29H34N8O2. The number of aromatic nitrogens is 4. The highest BCUT2D eigenvalue weighted by molar-refractivity contribution is 6.02. The molecule has 1 fully saturated rings. The number of aryl methyl sites for hydroxylation is 1. The molecule has 1 atom stereocenters. The number of nitrogens with one attached hydrogen (secondary N) is 2. The number of benzene rings is 1. The van der Waals surface area contributed by atoms with E-state index in [0.29, 0.717) is 29.1 Å². The second kappa shape index (κ2) is 11.1. The number of fused-ring (bicyclic) bond motifs is 1. The van der Waals surface area contributed by atoms with Crippen molar-refractivity contribution < 1.29 is 9.53 Å². The molecule has 1 amide bonds. The smallest absolute Gasteiger partial charge is 0.247 e. The van der Waals surface area contributed by atoms with Crippen molar-refractivity contribution in [1.82, 2.24) is 24.3 Å². The third kappa shape index (κ3) is 5.42. The first-order chi connectivity index (χ1) is 18.9. The maximum absolute atomic E-state index is 12.4. The number of carbonyl (C=O) groups is 1. The average Bonchev–Trinajstić information content (AvgIpc) is 3.38. The first-order valence-corrected chi connectivity index (χ1v) is 13.0. The third-order valence-electron chi connectivity index (χ3n) is 7.18. The number of rotatable bonds is 8. The first-order valence-electron chi connectivity index (χ1n) is 13.0. The summed E-state index contributed by atoms with van der Waals surface area (Å²) >= 11 is 0. The number of likely N-dealkylation sites (tertiary alicyclic amines) is 1. The van der Waals surface area contributed by atoms with Crippen LogP contribution in [0.25, 0.3) is 17.0 Å². The van der Waals surface area contributed by atoms with Crippen molar-refractivity contribution in [3.8, 4) is 17.1 Å². The van der Waals surface area contributed by atoms with Gasteiger partial charge in [-0.25, -0.2) is 15.0 Å². The Labute approximate surface area is 228 Å². The van der Waals surface area contributed by atoms with Crippen molar-refractivity contribution in [2.24, 2.45) is 0 Å². The van der Waals surface area contributed by atoms with Gasteiger partial charge in [0.1, 0.15) is 11.4 Å². The summed E-state index contributed by atoms with van der Waals surface area (Å²) in [5.41, 5.74) is 5.69. The maximum Gasteiger partial charge on any atom is 0.247 e. The van der Waals surface area contributed by atoms with Gasteiger partial charge in [0.2, 0.25) is 11.9 Å². The average molecular weight is 527 g/mol. The zero-order valence-electron chi connectivity index (χ0n) is 22.8. The molecule has 0 radical (unpaired) electrons. The molecule has 10 nitrogen and oxygen atoms in total. The number of hydrogen-bond donors (Lipinski definition) is 2. The summed E-state index contributed by atoms with van der Waals surface area (Å²) in [7, 11) is 5.81. The summed E-state index contributed by atoms with van der Waals surface area (Å²) < 4.78 is 7.79. The molecule has 202 valence electrons. The van der Waals surface area contributed by atoms with Crippen LogP contribution in [0.5, 0.6) is 5.75 Å². The number of likely N-dealkylation sites (N-methyl/N-ethyl adjacent to an activating group) is 2. The Balaban J connectivity index is 1.50. The van der Waals surface area contributed by atoms with Crippen LogP contribution < -0.4 is 20.3 Å². The van der Waals surface area contributed by atoms with E-state index in [1.165, 1.54) is 6.08 Å². The fraction of sp³-hybridized carbons (Fsp3) is 0.310. The summed E-state index contributed by atoms with van der Waals surface area (Å²) in [6, 6.07) is 9.96. The number of hydrogen-bond acceptors (Lipinski definition) is 8. The molecule has 1 saturated heterocycles. The van der Waals surface area contributed by atoms with Crippen molar-refractivity contribution in [2.45, 2.75) is 25.8 Å². The molecule has 10 heteroatoms. The van der Waals surface area contributed by atoms with Crippen molar-refractivity contribution >= 4 is 34.6 Å². The minimum Gasteiger partial charge on any atom is -0.494 e. The molecular weight excluding hydrogens is 492 g/mol. The molecule has 1 aliphatic heterocycles. The van der Waals surface area contributed by atoms with Crippen LogP contribution in [-0.4, -0.2) is 70.5 Å². The lowest BCUT2D eigenvalue weighted by atomic mass is 10.0. The Morgan fingerprint density at radius 3 is 2.87 bits per heavy atom. The van der Waals surface area contributed by atoms with Crippen LogP contribution in [0.4, 0.5) is 23.0 Å². The Hall–Kier alpha value is -4.44. The van der Waals surface area contributed by atoms with Crippen LogP contribution in [0.15, 0.2) is 61.6 Å². The monoisotopic (exact) mass is 526 g/mol. The van der Waals surface area contributed by atoms with Gasteiger partial charge in [0.15, 0.2) is 0 Å².